The first-order valence-electron chi connectivity index (χ1n) is 12.3. The van der Waals surface area contributed by atoms with Crippen molar-refractivity contribution in [1.29, 1.82) is 0 Å². The van der Waals surface area contributed by atoms with Gasteiger partial charge in [-0.15, -0.1) is 0 Å². The van der Waals surface area contributed by atoms with Crippen LogP contribution in [0.2, 0.25) is 0 Å². The normalized spacial score (nSPS) is 14.7. The Morgan fingerprint density at radius 1 is 0.943 bits per heavy atom. The van der Waals surface area contributed by atoms with Crippen LogP contribution in [-0.4, -0.2) is 47.4 Å². The molecule has 0 saturated heterocycles. The average molecular weight is 502 g/mol. The number of rotatable bonds is 14. The van der Waals surface area contributed by atoms with Crippen LogP contribution in [0.5, 0.6) is 0 Å². The van der Waals surface area contributed by atoms with Gasteiger partial charge in [0.15, 0.2) is 0 Å². The molecule has 202 valence electrons. The lowest BCUT2D eigenvalue weighted by Crippen LogP contribution is -2.55. The summed E-state index contributed by atoms with van der Waals surface area (Å²) in [7, 11) is 0. The molecule has 8 heteroatoms. The van der Waals surface area contributed by atoms with Gasteiger partial charge in [0.25, 0.3) is 0 Å². The number of hydrogen-bond acceptors (Lipinski definition) is 5. The minimum atomic E-state index is -4.18. The monoisotopic (exact) mass is 501 g/mol. The van der Waals surface area contributed by atoms with Crippen LogP contribution in [0.4, 0.5) is 13.6 Å². The van der Waals surface area contributed by atoms with Gasteiger partial charge in [0.1, 0.15) is 11.7 Å². The number of aliphatic hydroxyl groups is 1. The van der Waals surface area contributed by atoms with Gasteiger partial charge in [0.2, 0.25) is 0 Å². The van der Waals surface area contributed by atoms with Gasteiger partial charge in [-0.05, 0) is 93.9 Å². The fourth-order valence-corrected chi connectivity index (χ4v) is 3.22. The molecule has 1 unspecified atom stereocenters. The molecule has 0 aliphatic carbocycles. The number of carbonyl (C=O) groups is 2. The predicted octanol–water partition coefficient (Wildman–Crippen LogP) is 6.64. The van der Waals surface area contributed by atoms with Gasteiger partial charge >= 0.3 is 18.0 Å². The molecule has 0 aromatic carbocycles. The Hall–Kier alpha value is -2.22. The first-order chi connectivity index (χ1) is 16.1. The van der Waals surface area contributed by atoms with Crippen LogP contribution >= 0.6 is 0 Å². The van der Waals surface area contributed by atoms with Crippen LogP contribution in [0.3, 0.4) is 0 Å². The Labute approximate surface area is 209 Å². The molecule has 0 aromatic heterocycles. The first-order valence-corrected chi connectivity index (χ1v) is 12.3. The Kier molecular flexibility index (Phi) is 14.7. The zero-order valence-corrected chi connectivity index (χ0v) is 22.7. The van der Waals surface area contributed by atoms with Crippen LogP contribution in [0, 0.1) is 0 Å². The molecule has 0 fully saturated rings. The zero-order chi connectivity index (χ0) is 27.2. The molecule has 1 amide bonds. The van der Waals surface area contributed by atoms with E-state index in [9.17, 15) is 23.5 Å². The van der Waals surface area contributed by atoms with Crippen molar-refractivity contribution in [3.8, 4) is 0 Å². The summed E-state index contributed by atoms with van der Waals surface area (Å²) in [6.07, 6.45) is 6.92. The molecule has 6 nitrogen and oxygen atoms in total. The average Bonchev–Trinajstić information content (AvgIpc) is 2.71. The summed E-state index contributed by atoms with van der Waals surface area (Å²) >= 11 is 0. The second-order valence-electron chi connectivity index (χ2n) is 10.1. The SMILES string of the molecule is CCOC(=O)C(F)(F)[C@@H](O)C(CCC=C(C)CCC=C(C)CCC=C(C)C)NC(=O)OC(C)(C)C. The minimum absolute atomic E-state index is 0.00961. The third kappa shape index (κ3) is 14.7. The lowest BCUT2D eigenvalue weighted by molar-refractivity contribution is -0.191. The Balaban J connectivity index is 5.14. The summed E-state index contributed by atoms with van der Waals surface area (Å²) in [4.78, 5) is 23.9. The molecule has 2 atom stereocenters. The van der Waals surface area contributed by atoms with E-state index in [0.29, 0.717) is 6.42 Å². The highest BCUT2D eigenvalue weighted by Gasteiger charge is 2.51. The molecule has 35 heavy (non-hydrogen) atoms. The van der Waals surface area contributed by atoms with Crippen molar-refractivity contribution in [1.82, 2.24) is 5.32 Å². The topological polar surface area (TPSA) is 84.9 Å². The summed E-state index contributed by atoms with van der Waals surface area (Å²) in [5.74, 6) is -6.01. The highest BCUT2D eigenvalue weighted by atomic mass is 19.3. The highest BCUT2D eigenvalue weighted by molar-refractivity contribution is 5.78. The molecule has 0 saturated carbocycles. The summed E-state index contributed by atoms with van der Waals surface area (Å²) in [5.41, 5.74) is 2.85. The number of halogens is 2. The molecular weight excluding hydrogens is 456 g/mol. The Bertz CT molecular complexity index is 762. The maximum Gasteiger partial charge on any atom is 0.407 e. The van der Waals surface area contributed by atoms with Crippen LogP contribution in [0.25, 0.3) is 0 Å². The number of aliphatic hydroxyl groups excluding tert-OH is 1. The van der Waals surface area contributed by atoms with Gasteiger partial charge in [-0.25, -0.2) is 9.59 Å². The van der Waals surface area contributed by atoms with E-state index in [2.05, 4.69) is 43.0 Å². The zero-order valence-electron chi connectivity index (χ0n) is 22.7. The summed E-state index contributed by atoms with van der Waals surface area (Å²) < 4.78 is 38.4. The van der Waals surface area contributed by atoms with E-state index >= 15 is 0 Å². The molecule has 0 aromatic rings. The van der Waals surface area contributed by atoms with Gasteiger partial charge in [-0.1, -0.05) is 34.9 Å². The molecule has 0 aliphatic rings. The molecular formula is C27H45F2NO5. The number of ether oxygens (including phenoxy) is 2. The van der Waals surface area contributed by atoms with Crippen molar-refractivity contribution < 1.29 is 33.0 Å². The number of alkyl halides is 2. The quantitative estimate of drug-likeness (QED) is 0.206. The number of amides is 1. The molecule has 0 radical (unpaired) electrons. The van der Waals surface area contributed by atoms with Crippen LogP contribution in [0.1, 0.15) is 93.9 Å². The fraction of sp³-hybridized carbons (Fsp3) is 0.704. The van der Waals surface area contributed by atoms with Crippen molar-refractivity contribution >= 4 is 12.1 Å². The number of hydrogen-bond donors (Lipinski definition) is 2. The third-order valence-electron chi connectivity index (χ3n) is 5.10. The van der Waals surface area contributed by atoms with Gasteiger partial charge in [0, 0.05) is 0 Å². The number of alkyl carbamates (subject to hydrolysis) is 1. The van der Waals surface area contributed by atoms with Gasteiger partial charge in [0.05, 0.1) is 12.6 Å². The fourth-order valence-electron chi connectivity index (χ4n) is 3.22. The van der Waals surface area contributed by atoms with E-state index in [-0.39, 0.29) is 13.0 Å². The summed E-state index contributed by atoms with van der Waals surface area (Å²) in [6.45, 7) is 14.3. The molecule has 2 N–H and O–H groups in total. The van der Waals surface area contributed by atoms with Crippen LogP contribution in [0.15, 0.2) is 34.9 Å². The van der Waals surface area contributed by atoms with Crippen molar-refractivity contribution in [2.45, 2.75) is 118 Å². The number of esters is 1. The highest BCUT2D eigenvalue weighted by Crippen LogP contribution is 2.26. The molecule has 0 bridgehead atoms. The predicted molar refractivity (Wildman–Crippen MR) is 135 cm³/mol. The van der Waals surface area contributed by atoms with Crippen LogP contribution < -0.4 is 5.32 Å². The smallest absolute Gasteiger partial charge is 0.407 e. The number of carbonyl (C=O) groups excluding carboxylic acids is 2. The number of nitrogens with one attached hydrogen (secondary N) is 1. The molecule has 0 aliphatic heterocycles. The molecule has 0 spiro atoms. The lowest BCUT2D eigenvalue weighted by Gasteiger charge is -2.29. The Morgan fingerprint density at radius 2 is 1.46 bits per heavy atom. The van der Waals surface area contributed by atoms with E-state index < -0.39 is 35.7 Å². The first kappa shape index (κ1) is 32.8. The standard InChI is InChI=1S/C27H45F2NO5/c1-9-34-24(32)27(28,29)23(31)22(30-25(33)35-26(6,7)8)18-12-17-21(5)16-11-15-20(4)14-10-13-19(2)3/h13,15,17,22-23,31H,9-12,14,16,18H2,1-8H3,(H,30,33)/t22?,23-/m0/s1. The largest absolute Gasteiger partial charge is 0.461 e. The minimum Gasteiger partial charge on any atom is -0.461 e. The van der Waals surface area contributed by atoms with E-state index in [4.69, 9.17) is 4.74 Å². The van der Waals surface area contributed by atoms with Crippen molar-refractivity contribution in [3.63, 3.8) is 0 Å². The van der Waals surface area contributed by atoms with E-state index in [1.807, 2.05) is 13.0 Å². The molecule has 0 rings (SSSR count). The third-order valence-corrected chi connectivity index (χ3v) is 5.10. The lowest BCUT2D eigenvalue weighted by atomic mass is 9.98. The second-order valence-corrected chi connectivity index (χ2v) is 10.1. The van der Waals surface area contributed by atoms with Gasteiger partial charge < -0.3 is 19.9 Å². The van der Waals surface area contributed by atoms with Crippen molar-refractivity contribution in [2.24, 2.45) is 0 Å². The van der Waals surface area contributed by atoms with Crippen LogP contribution in [-0.2, 0) is 14.3 Å². The van der Waals surface area contributed by atoms with E-state index in [1.54, 1.807) is 20.8 Å². The summed E-state index contributed by atoms with van der Waals surface area (Å²) in [5, 5.41) is 12.6. The van der Waals surface area contributed by atoms with E-state index in [1.165, 1.54) is 18.1 Å². The van der Waals surface area contributed by atoms with Gasteiger partial charge in [-0.3, -0.25) is 0 Å². The number of allylic oxidation sites excluding steroid dienone is 6. The summed E-state index contributed by atoms with van der Waals surface area (Å²) in [6, 6.07) is -1.41. The molecule has 0 heterocycles. The van der Waals surface area contributed by atoms with Gasteiger partial charge in [-0.2, -0.15) is 8.78 Å². The Morgan fingerprint density at radius 3 is 1.94 bits per heavy atom. The second kappa shape index (κ2) is 15.7. The van der Waals surface area contributed by atoms with E-state index in [0.717, 1.165) is 31.3 Å². The maximum absolute atomic E-state index is 14.5. The van der Waals surface area contributed by atoms with Crippen molar-refractivity contribution in [2.75, 3.05) is 6.61 Å². The maximum atomic E-state index is 14.5. The van der Waals surface area contributed by atoms with Crippen molar-refractivity contribution in [3.05, 3.63) is 34.9 Å².